The summed E-state index contributed by atoms with van der Waals surface area (Å²) in [6.45, 7) is 0. The summed E-state index contributed by atoms with van der Waals surface area (Å²) >= 11 is 0. The molecule has 3 rings (SSSR count). The van der Waals surface area contributed by atoms with Crippen LogP contribution in [0.5, 0.6) is 0 Å². The Morgan fingerprint density at radius 2 is 1.88 bits per heavy atom. The topological polar surface area (TPSA) is 64.5 Å². The van der Waals surface area contributed by atoms with Crippen molar-refractivity contribution in [1.82, 2.24) is 25.1 Å². The Morgan fingerprint density at radius 1 is 0.938 bits per heavy atom. The predicted molar refractivity (Wildman–Crippen MR) is 58.4 cm³/mol. The van der Waals surface area contributed by atoms with Crippen LogP contribution in [0.25, 0.3) is 22.6 Å². The van der Waals surface area contributed by atoms with Crippen LogP contribution in [0.15, 0.2) is 42.9 Å². The van der Waals surface area contributed by atoms with Crippen molar-refractivity contribution >= 4 is 11.0 Å². The fourth-order valence-electron chi connectivity index (χ4n) is 1.41. The highest BCUT2D eigenvalue weighted by Gasteiger charge is 2.04. The lowest BCUT2D eigenvalue weighted by atomic mass is 10.3. The molecular formula is C11H7N5. The zero-order valence-electron chi connectivity index (χ0n) is 8.28. The molecule has 0 saturated heterocycles. The molecule has 3 heterocycles. The van der Waals surface area contributed by atoms with Crippen molar-refractivity contribution in [2.24, 2.45) is 0 Å². The maximum absolute atomic E-state index is 4.32. The smallest absolute Gasteiger partial charge is 0.182 e. The van der Waals surface area contributed by atoms with E-state index in [4.69, 9.17) is 0 Å². The van der Waals surface area contributed by atoms with Crippen molar-refractivity contribution in [2.45, 2.75) is 0 Å². The molecule has 0 aliphatic rings. The molecule has 0 N–H and O–H groups in total. The molecule has 76 valence electrons. The van der Waals surface area contributed by atoms with Crippen molar-refractivity contribution in [3.8, 4) is 11.5 Å². The van der Waals surface area contributed by atoms with Gasteiger partial charge in [-0.1, -0.05) is 0 Å². The van der Waals surface area contributed by atoms with Crippen LogP contribution < -0.4 is 0 Å². The average molecular weight is 209 g/mol. The van der Waals surface area contributed by atoms with Gasteiger partial charge in [-0.25, -0.2) is 15.0 Å². The van der Waals surface area contributed by atoms with Crippen LogP contribution in [0.3, 0.4) is 0 Å². The number of fused-ring (bicyclic) bond motifs is 1. The molecule has 0 aliphatic carbocycles. The molecule has 16 heavy (non-hydrogen) atoms. The van der Waals surface area contributed by atoms with Crippen LogP contribution in [-0.4, -0.2) is 25.1 Å². The third-order valence-corrected chi connectivity index (χ3v) is 2.16. The van der Waals surface area contributed by atoms with Gasteiger partial charge < -0.3 is 0 Å². The summed E-state index contributed by atoms with van der Waals surface area (Å²) in [6, 6.07) is 7.39. The summed E-state index contributed by atoms with van der Waals surface area (Å²) in [7, 11) is 0. The van der Waals surface area contributed by atoms with Gasteiger partial charge in [0.2, 0.25) is 0 Å². The molecule has 5 heteroatoms. The molecule has 0 spiro atoms. The van der Waals surface area contributed by atoms with Crippen LogP contribution in [0, 0.1) is 0 Å². The van der Waals surface area contributed by atoms with Gasteiger partial charge in [-0.2, -0.15) is 5.10 Å². The molecule has 0 aliphatic heterocycles. The molecule has 0 saturated carbocycles. The standard InChI is InChI=1S/C11H7N5/c1-3-8-7-13-11(15-10(8)12-5-1)9-4-2-6-14-16-9/h1-7H. The van der Waals surface area contributed by atoms with Gasteiger partial charge in [-0.3, -0.25) is 0 Å². The molecule has 0 atom stereocenters. The summed E-state index contributed by atoms with van der Waals surface area (Å²) in [4.78, 5) is 12.7. The van der Waals surface area contributed by atoms with Crippen LogP contribution in [0.4, 0.5) is 0 Å². The first-order valence-electron chi connectivity index (χ1n) is 4.79. The van der Waals surface area contributed by atoms with Crippen LogP contribution in [0.1, 0.15) is 0 Å². The van der Waals surface area contributed by atoms with Gasteiger partial charge in [0.1, 0.15) is 5.69 Å². The Labute approximate surface area is 91.2 Å². The Balaban J connectivity index is 2.19. The molecule has 0 radical (unpaired) electrons. The third-order valence-electron chi connectivity index (χ3n) is 2.16. The van der Waals surface area contributed by atoms with Gasteiger partial charge in [0, 0.05) is 24.0 Å². The van der Waals surface area contributed by atoms with Gasteiger partial charge in [0.05, 0.1) is 0 Å². The lowest BCUT2D eigenvalue weighted by Crippen LogP contribution is -1.94. The molecule has 3 aromatic heterocycles. The zero-order valence-corrected chi connectivity index (χ0v) is 8.28. The first kappa shape index (κ1) is 8.84. The molecule has 3 aromatic rings. The number of rotatable bonds is 1. The highest BCUT2D eigenvalue weighted by Crippen LogP contribution is 2.13. The van der Waals surface area contributed by atoms with E-state index in [2.05, 4.69) is 25.1 Å². The maximum atomic E-state index is 4.32. The molecule has 0 unspecified atom stereocenters. The van der Waals surface area contributed by atoms with E-state index in [1.54, 1.807) is 24.7 Å². The Morgan fingerprint density at radius 3 is 2.75 bits per heavy atom. The van der Waals surface area contributed by atoms with Gasteiger partial charge in [-0.15, -0.1) is 5.10 Å². The lowest BCUT2D eigenvalue weighted by Gasteiger charge is -1.99. The number of pyridine rings is 1. The molecule has 5 nitrogen and oxygen atoms in total. The second-order valence-corrected chi connectivity index (χ2v) is 3.22. The number of nitrogens with zero attached hydrogens (tertiary/aromatic N) is 5. The van der Waals surface area contributed by atoms with E-state index in [1.807, 2.05) is 18.2 Å². The SMILES string of the molecule is c1cnnc(-c2ncc3cccnc3n2)c1. The lowest BCUT2D eigenvalue weighted by molar-refractivity contribution is 1.01. The van der Waals surface area contributed by atoms with Gasteiger partial charge >= 0.3 is 0 Å². The number of hydrogen-bond acceptors (Lipinski definition) is 5. The van der Waals surface area contributed by atoms with E-state index < -0.39 is 0 Å². The van der Waals surface area contributed by atoms with Crippen LogP contribution in [-0.2, 0) is 0 Å². The molecular weight excluding hydrogens is 202 g/mol. The third kappa shape index (κ3) is 1.48. The van der Waals surface area contributed by atoms with E-state index >= 15 is 0 Å². The largest absolute Gasteiger partial charge is 0.237 e. The summed E-state index contributed by atoms with van der Waals surface area (Å²) < 4.78 is 0. The predicted octanol–water partition coefficient (Wildman–Crippen LogP) is 1.48. The van der Waals surface area contributed by atoms with Crippen molar-refractivity contribution in [3.05, 3.63) is 42.9 Å². The second-order valence-electron chi connectivity index (χ2n) is 3.22. The fourth-order valence-corrected chi connectivity index (χ4v) is 1.41. The van der Waals surface area contributed by atoms with Gasteiger partial charge in [-0.05, 0) is 24.3 Å². The van der Waals surface area contributed by atoms with Crippen molar-refractivity contribution < 1.29 is 0 Å². The van der Waals surface area contributed by atoms with Gasteiger partial charge in [0.25, 0.3) is 0 Å². The Hall–Kier alpha value is -2.43. The highest BCUT2D eigenvalue weighted by molar-refractivity contribution is 5.74. The summed E-state index contributed by atoms with van der Waals surface area (Å²) in [6.07, 6.45) is 5.05. The molecule has 0 fully saturated rings. The Kier molecular flexibility index (Phi) is 2.00. The maximum Gasteiger partial charge on any atom is 0.182 e. The number of aromatic nitrogens is 5. The monoisotopic (exact) mass is 209 g/mol. The van der Waals surface area contributed by atoms with E-state index in [0.717, 1.165) is 5.39 Å². The second kappa shape index (κ2) is 3.62. The molecule has 0 aromatic carbocycles. The molecule has 0 bridgehead atoms. The van der Waals surface area contributed by atoms with Crippen LogP contribution in [0.2, 0.25) is 0 Å². The van der Waals surface area contributed by atoms with Crippen molar-refractivity contribution in [3.63, 3.8) is 0 Å². The van der Waals surface area contributed by atoms with E-state index in [1.165, 1.54) is 0 Å². The van der Waals surface area contributed by atoms with E-state index in [-0.39, 0.29) is 0 Å². The first-order valence-corrected chi connectivity index (χ1v) is 4.79. The van der Waals surface area contributed by atoms with Gasteiger partial charge in [0.15, 0.2) is 11.5 Å². The van der Waals surface area contributed by atoms with Crippen LogP contribution >= 0.6 is 0 Å². The minimum Gasteiger partial charge on any atom is -0.237 e. The quantitative estimate of drug-likeness (QED) is 0.607. The molecule has 0 amide bonds. The normalized spacial score (nSPS) is 10.5. The fraction of sp³-hybridized carbons (Fsp3) is 0. The Bertz CT molecular complexity index is 623. The minimum atomic E-state index is 0.541. The summed E-state index contributed by atoms with van der Waals surface area (Å²) in [5.74, 6) is 0.541. The van der Waals surface area contributed by atoms with E-state index in [9.17, 15) is 0 Å². The average Bonchev–Trinajstić information content (AvgIpc) is 2.39. The minimum absolute atomic E-state index is 0.541. The van der Waals surface area contributed by atoms with Crippen molar-refractivity contribution in [1.29, 1.82) is 0 Å². The highest BCUT2D eigenvalue weighted by atomic mass is 15.1. The number of hydrogen-bond donors (Lipinski definition) is 0. The van der Waals surface area contributed by atoms with Crippen molar-refractivity contribution in [2.75, 3.05) is 0 Å². The first-order chi connectivity index (χ1) is 7.93. The summed E-state index contributed by atoms with van der Waals surface area (Å²) in [5.41, 5.74) is 1.31. The zero-order chi connectivity index (χ0) is 10.8. The van der Waals surface area contributed by atoms with E-state index in [0.29, 0.717) is 17.2 Å². The summed E-state index contributed by atoms with van der Waals surface area (Å²) in [5, 5.41) is 8.66.